The number of carbonyl (C=O) groups is 1. The zero-order valence-electron chi connectivity index (χ0n) is 17.8. The molecule has 154 valence electrons. The maximum Gasteiger partial charge on any atom is 0.236 e. The molecule has 0 saturated heterocycles. The van der Waals surface area contributed by atoms with E-state index >= 15 is 0 Å². The van der Waals surface area contributed by atoms with Gasteiger partial charge in [0, 0.05) is 5.54 Å². The Morgan fingerprint density at radius 3 is 1.42 bits per heavy atom. The first kappa shape index (κ1) is 24.2. The van der Waals surface area contributed by atoms with E-state index in [1.54, 1.807) is 0 Å². The van der Waals surface area contributed by atoms with Gasteiger partial charge in [-0.15, -0.1) is 0 Å². The molecule has 3 heteroatoms. The van der Waals surface area contributed by atoms with Crippen LogP contribution < -0.4 is 5.32 Å². The molecule has 0 heterocycles. The van der Waals surface area contributed by atoms with E-state index in [1.807, 2.05) is 0 Å². The molecule has 26 heavy (non-hydrogen) atoms. The number of halogens is 1. The summed E-state index contributed by atoms with van der Waals surface area (Å²) in [4.78, 5) is 12.7. The molecule has 0 radical (unpaired) electrons. The number of carbonyl (C=O) groups excluding carboxylic acids is 1. The number of amides is 1. The number of rotatable bonds is 3. The summed E-state index contributed by atoms with van der Waals surface area (Å²) in [7, 11) is 0. The molecule has 1 unspecified atom stereocenters. The highest BCUT2D eigenvalue weighted by Gasteiger charge is 2.33. The second kappa shape index (κ2) is 13.4. The summed E-state index contributed by atoms with van der Waals surface area (Å²) in [6, 6.07) is 0. The van der Waals surface area contributed by atoms with Crippen LogP contribution in [-0.4, -0.2) is 14.9 Å². The SMILES string of the molecule is CCC(C)(I)C(=O)NC1(C)CCCCCCCCCCCCCCCC1. The molecule has 1 aliphatic rings. The summed E-state index contributed by atoms with van der Waals surface area (Å²) in [5.74, 6) is 0.231. The van der Waals surface area contributed by atoms with Gasteiger partial charge in [0.1, 0.15) is 0 Å². The van der Waals surface area contributed by atoms with Gasteiger partial charge in [0.15, 0.2) is 0 Å². The molecule has 0 aromatic rings. The van der Waals surface area contributed by atoms with Crippen molar-refractivity contribution in [3.63, 3.8) is 0 Å². The van der Waals surface area contributed by atoms with Gasteiger partial charge in [-0.3, -0.25) is 4.79 Å². The maximum atomic E-state index is 12.7. The summed E-state index contributed by atoms with van der Waals surface area (Å²) in [6.07, 6.45) is 22.4. The van der Waals surface area contributed by atoms with E-state index in [0.717, 1.165) is 19.3 Å². The second-order valence-electron chi connectivity index (χ2n) is 9.02. The van der Waals surface area contributed by atoms with Crippen molar-refractivity contribution in [1.29, 1.82) is 0 Å². The van der Waals surface area contributed by atoms with Gasteiger partial charge in [0.05, 0.1) is 3.42 Å². The monoisotopic (exact) mass is 477 g/mol. The first-order chi connectivity index (χ1) is 12.4. The van der Waals surface area contributed by atoms with E-state index in [9.17, 15) is 4.79 Å². The van der Waals surface area contributed by atoms with Crippen molar-refractivity contribution in [2.24, 2.45) is 0 Å². The van der Waals surface area contributed by atoms with Crippen molar-refractivity contribution in [2.75, 3.05) is 0 Å². The molecule has 0 aliphatic heterocycles. The van der Waals surface area contributed by atoms with Gasteiger partial charge in [-0.2, -0.15) is 0 Å². The van der Waals surface area contributed by atoms with Gasteiger partial charge < -0.3 is 5.32 Å². The molecule has 0 bridgehead atoms. The summed E-state index contributed by atoms with van der Waals surface area (Å²) >= 11 is 2.32. The van der Waals surface area contributed by atoms with Crippen molar-refractivity contribution < 1.29 is 4.79 Å². The van der Waals surface area contributed by atoms with Crippen LogP contribution in [0.3, 0.4) is 0 Å². The zero-order chi connectivity index (χ0) is 19.3. The Bertz CT molecular complexity index is 362. The molecule has 1 aliphatic carbocycles. The smallest absolute Gasteiger partial charge is 0.236 e. The van der Waals surface area contributed by atoms with Crippen molar-refractivity contribution in [2.45, 2.75) is 139 Å². The van der Waals surface area contributed by atoms with Crippen LogP contribution >= 0.6 is 22.6 Å². The van der Waals surface area contributed by atoms with Crippen LogP contribution in [0.1, 0.15) is 130 Å². The molecule has 0 aromatic heterocycles. The van der Waals surface area contributed by atoms with Crippen LogP contribution in [0, 0.1) is 0 Å². The van der Waals surface area contributed by atoms with Crippen LogP contribution in [0.15, 0.2) is 0 Å². The van der Waals surface area contributed by atoms with Crippen molar-refractivity contribution in [3.8, 4) is 0 Å². The summed E-state index contributed by atoms with van der Waals surface area (Å²) in [5, 5.41) is 3.45. The number of alkyl halides is 1. The highest BCUT2D eigenvalue weighted by Crippen LogP contribution is 2.28. The Labute approximate surface area is 177 Å². The van der Waals surface area contributed by atoms with Crippen molar-refractivity contribution in [3.05, 3.63) is 0 Å². The predicted molar refractivity (Wildman–Crippen MR) is 123 cm³/mol. The Morgan fingerprint density at radius 2 is 1.12 bits per heavy atom. The minimum absolute atomic E-state index is 0.0212. The predicted octanol–water partition coefficient (Wildman–Crippen LogP) is 7.72. The van der Waals surface area contributed by atoms with Crippen molar-refractivity contribution >= 4 is 28.5 Å². The third-order valence-electron chi connectivity index (χ3n) is 6.26. The van der Waals surface area contributed by atoms with Gasteiger partial charge >= 0.3 is 0 Å². The summed E-state index contributed by atoms with van der Waals surface area (Å²) in [6.45, 7) is 6.46. The molecule has 1 N–H and O–H groups in total. The average Bonchev–Trinajstić information content (AvgIpc) is 2.61. The summed E-state index contributed by atoms with van der Waals surface area (Å²) < 4.78 is -0.283. The molecule has 0 spiro atoms. The Hall–Kier alpha value is 0.200. The highest BCUT2D eigenvalue weighted by atomic mass is 127. The zero-order valence-corrected chi connectivity index (χ0v) is 20.0. The molecular weight excluding hydrogens is 433 g/mol. The van der Waals surface area contributed by atoms with Gasteiger partial charge in [0.2, 0.25) is 5.91 Å². The van der Waals surface area contributed by atoms with Gasteiger partial charge in [-0.1, -0.05) is 119 Å². The second-order valence-corrected chi connectivity index (χ2v) is 11.4. The molecule has 2 nitrogen and oxygen atoms in total. The largest absolute Gasteiger partial charge is 0.350 e. The summed E-state index contributed by atoms with van der Waals surface area (Å²) in [5.41, 5.74) is -0.0212. The number of nitrogens with one attached hydrogen (secondary N) is 1. The standard InChI is InChI=1S/C23H44INO/c1-4-23(3,24)21(26)25-22(2)19-17-15-13-11-9-7-5-6-8-10-12-14-16-18-20-22/h4-20H2,1-3H3,(H,25,26). The fourth-order valence-corrected chi connectivity index (χ4v) is 4.10. The minimum Gasteiger partial charge on any atom is -0.350 e. The highest BCUT2D eigenvalue weighted by molar-refractivity contribution is 14.1. The van der Waals surface area contributed by atoms with Gasteiger partial charge in [-0.25, -0.2) is 0 Å². The fourth-order valence-electron chi connectivity index (χ4n) is 3.97. The van der Waals surface area contributed by atoms with Gasteiger partial charge in [0.25, 0.3) is 0 Å². The topological polar surface area (TPSA) is 29.1 Å². The maximum absolute atomic E-state index is 12.7. The molecule has 1 atom stereocenters. The average molecular weight is 478 g/mol. The molecular formula is C23H44INO. The van der Waals surface area contributed by atoms with Crippen LogP contribution in [0.4, 0.5) is 0 Å². The van der Waals surface area contributed by atoms with E-state index in [-0.39, 0.29) is 14.9 Å². The minimum atomic E-state index is -0.283. The lowest BCUT2D eigenvalue weighted by Gasteiger charge is -2.34. The van der Waals surface area contributed by atoms with Crippen LogP contribution in [0.25, 0.3) is 0 Å². The molecule has 1 saturated carbocycles. The van der Waals surface area contributed by atoms with E-state index in [1.165, 1.54) is 89.9 Å². The van der Waals surface area contributed by atoms with Gasteiger partial charge in [-0.05, 0) is 33.1 Å². The van der Waals surface area contributed by atoms with Crippen molar-refractivity contribution in [1.82, 2.24) is 5.32 Å². The normalized spacial score (nSPS) is 24.2. The third kappa shape index (κ3) is 10.5. The Morgan fingerprint density at radius 1 is 0.808 bits per heavy atom. The third-order valence-corrected chi connectivity index (χ3v) is 7.51. The molecule has 1 amide bonds. The van der Waals surface area contributed by atoms with E-state index in [2.05, 4.69) is 48.7 Å². The Balaban J connectivity index is 2.56. The lowest BCUT2D eigenvalue weighted by atomic mass is 9.87. The molecule has 1 rings (SSSR count). The molecule has 1 fully saturated rings. The Kier molecular flexibility index (Phi) is 12.5. The van der Waals surface area contributed by atoms with E-state index < -0.39 is 0 Å². The lowest BCUT2D eigenvalue weighted by molar-refractivity contribution is -0.124. The lowest BCUT2D eigenvalue weighted by Crippen LogP contribution is -2.52. The molecule has 0 aromatic carbocycles. The first-order valence-electron chi connectivity index (χ1n) is 11.4. The van der Waals surface area contributed by atoms with E-state index in [4.69, 9.17) is 0 Å². The quantitative estimate of drug-likeness (QED) is 0.327. The van der Waals surface area contributed by atoms with Crippen LogP contribution in [0.2, 0.25) is 0 Å². The van der Waals surface area contributed by atoms with Crippen LogP contribution in [0.5, 0.6) is 0 Å². The number of hydrogen-bond acceptors (Lipinski definition) is 1. The first-order valence-corrected chi connectivity index (χ1v) is 12.5. The van der Waals surface area contributed by atoms with E-state index in [0.29, 0.717) is 0 Å². The number of hydrogen-bond donors (Lipinski definition) is 1. The van der Waals surface area contributed by atoms with Crippen LogP contribution in [-0.2, 0) is 4.79 Å². The fraction of sp³-hybridized carbons (Fsp3) is 0.957.